The molecule has 1 aromatic carbocycles. The van der Waals surface area contributed by atoms with Gasteiger partial charge in [-0.2, -0.15) is 0 Å². The van der Waals surface area contributed by atoms with E-state index in [9.17, 15) is 4.79 Å². The lowest BCUT2D eigenvalue weighted by atomic mass is 10.1. The van der Waals surface area contributed by atoms with Crippen LogP contribution in [0.15, 0.2) is 36.5 Å². The lowest BCUT2D eigenvalue weighted by molar-refractivity contribution is 0.0377. The summed E-state index contributed by atoms with van der Waals surface area (Å²) in [5.74, 6) is 1.33. The van der Waals surface area contributed by atoms with Gasteiger partial charge in [0.25, 0.3) is 0 Å². The van der Waals surface area contributed by atoms with Gasteiger partial charge in [-0.3, -0.25) is 4.90 Å². The summed E-state index contributed by atoms with van der Waals surface area (Å²) in [6, 6.07) is 10.5. The fraction of sp³-hybridized carbons (Fsp3) is 0.500. The summed E-state index contributed by atoms with van der Waals surface area (Å²) >= 11 is 0. The Morgan fingerprint density at radius 1 is 1.33 bits per heavy atom. The van der Waals surface area contributed by atoms with Crippen molar-refractivity contribution >= 4 is 11.8 Å². The Morgan fingerprint density at radius 2 is 2.13 bits per heavy atom. The average molecular weight is 412 g/mol. The van der Waals surface area contributed by atoms with Crippen molar-refractivity contribution in [1.82, 2.24) is 9.88 Å². The van der Waals surface area contributed by atoms with Crippen LogP contribution in [0, 0.1) is 6.92 Å². The van der Waals surface area contributed by atoms with Crippen LogP contribution in [-0.2, 0) is 11.3 Å². The average Bonchev–Trinajstić information content (AvgIpc) is 3.21. The van der Waals surface area contributed by atoms with Gasteiger partial charge in [-0.1, -0.05) is 19.1 Å². The lowest BCUT2D eigenvalue weighted by Gasteiger charge is -2.28. The van der Waals surface area contributed by atoms with Crippen molar-refractivity contribution in [2.75, 3.05) is 31.6 Å². The van der Waals surface area contributed by atoms with Crippen LogP contribution < -0.4 is 9.64 Å². The molecular weight excluding hydrogens is 378 g/mol. The molecule has 1 atom stereocenters. The normalized spacial score (nSPS) is 16.4. The summed E-state index contributed by atoms with van der Waals surface area (Å²) in [6.45, 7) is 11.4. The molecule has 0 bridgehead atoms. The second-order valence-corrected chi connectivity index (χ2v) is 8.08. The molecule has 3 rings (SSSR count). The molecule has 0 N–H and O–H groups in total. The molecule has 0 amide bonds. The maximum absolute atomic E-state index is 12.7. The van der Waals surface area contributed by atoms with Crippen molar-refractivity contribution in [3.8, 4) is 5.75 Å². The van der Waals surface area contributed by atoms with Crippen molar-refractivity contribution in [2.24, 2.45) is 0 Å². The first-order chi connectivity index (χ1) is 14.4. The number of likely N-dealkylation sites (N-methyl/N-ethyl adjacent to an activating group) is 1. The maximum Gasteiger partial charge on any atom is 0.342 e. The first-order valence-corrected chi connectivity index (χ1v) is 10.7. The number of benzene rings is 1. The van der Waals surface area contributed by atoms with Crippen LogP contribution in [0.1, 0.15) is 48.7 Å². The molecule has 0 saturated carbocycles. The van der Waals surface area contributed by atoms with E-state index in [-0.39, 0.29) is 12.1 Å². The third-order valence-corrected chi connectivity index (χ3v) is 5.59. The van der Waals surface area contributed by atoms with E-state index in [1.165, 1.54) is 5.56 Å². The Balaban J connectivity index is 1.75. The van der Waals surface area contributed by atoms with E-state index in [1.807, 2.05) is 39.0 Å². The molecule has 2 heterocycles. The van der Waals surface area contributed by atoms with E-state index in [0.29, 0.717) is 11.6 Å². The molecular formula is C24H33N3O3. The smallest absolute Gasteiger partial charge is 0.342 e. The van der Waals surface area contributed by atoms with Crippen LogP contribution in [0.25, 0.3) is 0 Å². The number of esters is 1. The minimum Gasteiger partial charge on any atom is -0.497 e. The number of ether oxygens (including phenoxy) is 2. The molecule has 1 saturated heterocycles. The van der Waals surface area contributed by atoms with Gasteiger partial charge in [-0.05, 0) is 63.1 Å². The Morgan fingerprint density at radius 3 is 2.83 bits per heavy atom. The highest BCUT2D eigenvalue weighted by molar-refractivity contribution is 5.96. The van der Waals surface area contributed by atoms with E-state index in [2.05, 4.69) is 33.8 Å². The number of methoxy groups -OCH3 is 1. The molecule has 0 radical (unpaired) electrons. The SMILES string of the molecule is CCN(Cc1cccc(OC)c1)C1CCN(c2nccc(C)c2C(=O)OC(C)C)C1. The lowest BCUT2D eigenvalue weighted by Crippen LogP contribution is -2.37. The first-order valence-electron chi connectivity index (χ1n) is 10.7. The Bertz CT molecular complexity index is 869. The topological polar surface area (TPSA) is 54.9 Å². The Hall–Kier alpha value is -2.60. The van der Waals surface area contributed by atoms with Gasteiger partial charge in [0.15, 0.2) is 0 Å². The summed E-state index contributed by atoms with van der Waals surface area (Å²) in [4.78, 5) is 22.0. The summed E-state index contributed by atoms with van der Waals surface area (Å²) in [5.41, 5.74) is 2.73. The highest BCUT2D eigenvalue weighted by Crippen LogP contribution is 2.28. The third kappa shape index (κ3) is 5.11. The van der Waals surface area contributed by atoms with E-state index in [1.54, 1.807) is 13.3 Å². The van der Waals surface area contributed by atoms with Crippen molar-refractivity contribution in [1.29, 1.82) is 0 Å². The van der Waals surface area contributed by atoms with Crippen molar-refractivity contribution < 1.29 is 14.3 Å². The molecule has 1 unspecified atom stereocenters. The fourth-order valence-corrected chi connectivity index (χ4v) is 4.05. The minimum absolute atomic E-state index is 0.158. The van der Waals surface area contributed by atoms with Gasteiger partial charge in [-0.25, -0.2) is 9.78 Å². The Labute approximate surface area is 179 Å². The number of hydrogen-bond donors (Lipinski definition) is 0. The standard InChI is InChI=1S/C24H33N3O3/c1-6-26(15-19-8-7-9-21(14-19)29-5)20-11-13-27(16-20)23-22(18(4)10-12-25-23)24(28)30-17(2)3/h7-10,12,14,17,20H,6,11,13,15-16H2,1-5H3. The van der Waals surface area contributed by atoms with E-state index in [0.717, 1.165) is 49.7 Å². The zero-order valence-electron chi connectivity index (χ0n) is 18.7. The predicted molar refractivity (Wildman–Crippen MR) is 119 cm³/mol. The summed E-state index contributed by atoms with van der Waals surface area (Å²) < 4.78 is 10.9. The van der Waals surface area contributed by atoms with Gasteiger partial charge in [0.1, 0.15) is 17.1 Å². The third-order valence-electron chi connectivity index (χ3n) is 5.59. The van der Waals surface area contributed by atoms with Gasteiger partial charge in [0, 0.05) is 31.9 Å². The second kappa shape index (κ2) is 9.94. The fourth-order valence-electron chi connectivity index (χ4n) is 4.05. The van der Waals surface area contributed by atoms with Crippen molar-refractivity contribution in [3.63, 3.8) is 0 Å². The van der Waals surface area contributed by atoms with E-state index < -0.39 is 0 Å². The zero-order chi connectivity index (χ0) is 21.7. The molecule has 30 heavy (non-hydrogen) atoms. The van der Waals surface area contributed by atoms with Crippen LogP contribution in [0.2, 0.25) is 0 Å². The highest BCUT2D eigenvalue weighted by Gasteiger charge is 2.31. The predicted octanol–water partition coefficient (Wildman–Crippen LogP) is 4.06. The molecule has 1 aliphatic heterocycles. The monoisotopic (exact) mass is 411 g/mol. The minimum atomic E-state index is -0.294. The van der Waals surface area contributed by atoms with Crippen LogP contribution in [0.3, 0.4) is 0 Å². The molecule has 1 aliphatic rings. The van der Waals surface area contributed by atoms with E-state index in [4.69, 9.17) is 9.47 Å². The molecule has 1 fully saturated rings. The van der Waals surface area contributed by atoms with Crippen LogP contribution in [-0.4, -0.2) is 54.7 Å². The molecule has 6 nitrogen and oxygen atoms in total. The number of nitrogens with zero attached hydrogens (tertiary/aromatic N) is 3. The van der Waals surface area contributed by atoms with Crippen LogP contribution in [0.4, 0.5) is 5.82 Å². The van der Waals surface area contributed by atoms with E-state index >= 15 is 0 Å². The number of rotatable bonds is 8. The molecule has 6 heteroatoms. The maximum atomic E-state index is 12.7. The van der Waals surface area contributed by atoms with Gasteiger partial charge in [0.05, 0.1) is 13.2 Å². The number of aromatic nitrogens is 1. The van der Waals surface area contributed by atoms with Gasteiger partial charge in [0.2, 0.25) is 0 Å². The molecule has 0 spiro atoms. The second-order valence-electron chi connectivity index (χ2n) is 8.08. The summed E-state index contributed by atoms with van der Waals surface area (Å²) in [7, 11) is 1.70. The number of carbonyl (C=O) groups excluding carboxylic acids is 1. The zero-order valence-corrected chi connectivity index (χ0v) is 18.7. The number of carbonyl (C=O) groups is 1. The van der Waals surface area contributed by atoms with Crippen molar-refractivity contribution in [2.45, 2.75) is 52.8 Å². The van der Waals surface area contributed by atoms with Crippen molar-refractivity contribution in [3.05, 3.63) is 53.2 Å². The summed E-state index contributed by atoms with van der Waals surface area (Å²) in [5, 5.41) is 0. The van der Waals surface area contributed by atoms with Gasteiger partial charge >= 0.3 is 5.97 Å². The number of hydrogen-bond acceptors (Lipinski definition) is 6. The Kier molecular flexibility index (Phi) is 7.32. The van der Waals surface area contributed by atoms with Gasteiger partial charge in [-0.15, -0.1) is 0 Å². The molecule has 162 valence electrons. The van der Waals surface area contributed by atoms with Gasteiger partial charge < -0.3 is 14.4 Å². The molecule has 2 aromatic rings. The highest BCUT2D eigenvalue weighted by atomic mass is 16.5. The summed E-state index contributed by atoms with van der Waals surface area (Å²) in [6.07, 6.45) is 2.65. The largest absolute Gasteiger partial charge is 0.497 e. The van der Waals surface area contributed by atoms with Crippen LogP contribution >= 0.6 is 0 Å². The molecule has 1 aromatic heterocycles. The number of anilines is 1. The van der Waals surface area contributed by atoms with Crippen LogP contribution in [0.5, 0.6) is 5.75 Å². The quantitative estimate of drug-likeness (QED) is 0.611. The number of aryl methyl sites for hydroxylation is 1. The first kappa shape index (κ1) is 22.1. The number of pyridine rings is 1. The molecule has 0 aliphatic carbocycles.